The van der Waals surface area contributed by atoms with Crippen LogP contribution in [-0.4, -0.2) is 16.1 Å². The third kappa shape index (κ3) is 2.40. The number of hydrogen-bond donors (Lipinski definition) is 2. The molecule has 0 saturated heterocycles. The predicted octanol–water partition coefficient (Wildman–Crippen LogP) is 3.08. The number of hydrogen-bond acceptors (Lipinski definition) is 5. The first-order chi connectivity index (χ1) is 7.66. The van der Waals surface area contributed by atoms with E-state index in [2.05, 4.69) is 10.3 Å². The Kier molecular flexibility index (Phi) is 3.21. The van der Waals surface area contributed by atoms with E-state index < -0.39 is 5.97 Å². The molecule has 1 unspecified atom stereocenters. The smallest absolute Gasteiger partial charge is 0.347 e. The number of aromatic carboxylic acids is 1. The molecule has 0 aliphatic rings. The van der Waals surface area contributed by atoms with Gasteiger partial charge in [0.25, 0.3) is 0 Å². The number of carboxylic acids is 1. The topological polar surface area (TPSA) is 62.2 Å². The zero-order valence-corrected chi connectivity index (χ0v) is 10.1. The van der Waals surface area contributed by atoms with Crippen LogP contribution in [0.3, 0.4) is 0 Å². The molecule has 0 spiro atoms. The third-order valence-electron chi connectivity index (χ3n) is 2.03. The largest absolute Gasteiger partial charge is 0.477 e. The van der Waals surface area contributed by atoms with E-state index in [9.17, 15) is 4.79 Å². The standard InChI is InChI=1S/C10H10N2O2S2/c1-6(7-3-2-4-15-7)12-10-11-5-8(16-10)9(13)14/h2-6H,1H3,(H,11,12)(H,13,14). The Bertz CT molecular complexity index is 479. The Balaban J connectivity index is 2.06. The van der Waals surface area contributed by atoms with Gasteiger partial charge in [-0.2, -0.15) is 0 Å². The summed E-state index contributed by atoms with van der Waals surface area (Å²) >= 11 is 2.81. The highest BCUT2D eigenvalue weighted by Crippen LogP contribution is 2.25. The van der Waals surface area contributed by atoms with Crippen molar-refractivity contribution in [1.82, 2.24) is 4.98 Å². The molecule has 2 N–H and O–H groups in total. The molecule has 0 saturated carbocycles. The summed E-state index contributed by atoms with van der Waals surface area (Å²) in [5.41, 5.74) is 0. The van der Waals surface area contributed by atoms with Gasteiger partial charge in [-0.15, -0.1) is 11.3 Å². The molecule has 0 radical (unpaired) electrons. The Morgan fingerprint density at radius 3 is 3.00 bits per heavy atom. The number of aromatic nitrogens is 1. The van der Waals surface area contributed by atoms with Crippen molar-refractivity contribution in [3.05, 3.63) is 33.5 Å². The maximum absolute atomic E-state index is 10.7. The minimum atomic E-state index is -0.936. The number of thiophene rings is 1. The van der Waals surface area contributed by atoms with Gasteiger partial charge in [-0.05, 0) is 18.4 Å². The van der Waals surface area contributed by atoms with Gasteiger partial charge in [0.1, 0.15) is 4.88 Å². The molecule has 2 heterocycles. The monoisotopic (exact) mass is 254 g/mol. The fraction of sp³-hybridized carbons (Fsp3) is 0.200. The zero-order valence-electron chi connectivity index (χ0n) is 8.51. The van der Waals surface area contributed by atoms with Crippen LogP contribution in [0, 0.1) is 0 Å². The first-order valence-electron chi connectivity index (χ1n) is 4.66. The molecule has 16 heavy (non-hydrogen) atoms. The lowest BCUT2D eigenvalue weighted by Crippen LogP contribution is -2.03. The van der Waals surface area contributed by atoms with Crippen molar-refractivity contribution in [2.24, 2.45) is 0 Å². The molecule has 6 heteroatoms. The van der Waals surface area contributed by atoms with Crippen molar-refractivity contribution in [2.75, 3.05) is 5.32 Å². The molecular weight excluding hydrogens is 244 g/mol. The van der Waals surface area contributed by atoms with Crippen LogP contribution in [0.4, 0.5) is 5.13 Å². The summed E-state index contributed by atoms with van der Waals surface area (Å²) < 4.78 is 0. The van der Waals surface area contributed by atoms with Gasteiger partial charge in [-0.1, -0.05) is 17.4 Å². The van der Waals surface area contributed by atoms with Gasteiger partial charge in [0, 0.05) is 4.88 Å². The van der Waals surface area contributed by atoms with Crippen molar-refractivity contribution in [1.29, 1.82) is 0 Å². The van der Waals surface area contributed by atoms with Crippen molar-refractivity contribution in [3.63, 3.8) is 0 Å². The van der Waals surface area contributed by atoms with Crippen LogP contribution < -0.4 is 5.32 Å². The number of carboxylic acid groups (broad SMARTS) is 1. The summed E-state index contributed by atoms with van der Waals surface area (Å²) in [6.45, 7) is 2.02. The van der Waals surface area contributed by atoms with Gasteiger partial charge in [0.05, 0.1) is 12.2 Å². The molecular formula is C10H10N2O2S2. The van der Waals surface area contributed by atoms with Crippen LogP contribution in [-0.2, 0) is 0 Å². The normalized spacial score (nSPS) is 12.3. The second-order valence-corrected chi connectivity index (χ2v) is 5.23. The number of nitrogens with one attached hydrogen (secondary N) is 1. The first kappa shape index (κ1) is 11.1. The number of nitrogens with zero attached hydrogens (tertiary/aromatic N) is 1. The van der Waals surface area contributed by atoms with Crippen LogP contribution in [0.25, 0.3) is 0 Å². The van der Waals surface area contributed by atoms with E-state index >= 15 is 0 Å². The lowest BCUT2D eigenvalue weighted by molar-refractivity contribution is 0.0702. The fourth-order valence-electron chi connectivity index (χ4n) is 1.23. The van der Waals surface area contributed by atoms with E-state index in [-0.39, 0.29) is 10.9 Å². The molecule has 2 aromatic heterocycles. The Labute approximate surface area is 101 Å². The summed E-state index contributed by atoms with van der Waals surface area (Å²) in [6.07, 6.45) is 1.37. The molecule has 0 aliphatic carbocycles. The molecule has 0 bridgehead atoms. The van der Waals surface area contributed by atoms with E-state index in [1.165, 1.54) is 11.1 Å². The molecule has 2 aromatic rings. The fourth-order valence-corrected chi connectivity index (χ4v) is 2.71. The van der Waals surface area contributed by atoms with Crippen LogP contribution in [0.1, 0.15) is 27.5 Å². The van der Waals surface area contributed by atoms with Crippen LogP contribution >= 0.6 is 22.7 Å². The molecule has 2 rings (SSSR count). The number of rotatable bonds is 4. The van der Waals surface area contributed by atoms with Gasteiger partial charge >= 0.3 is 5.97 Å². The van der Waals surface area contributed by atoms with Crippen molar-refractivity contribution in [3.8, 4) is 0 Å². The van der Waals surface area contributed by atoms with E-state index in [0.717, 1.165) is 11.3 Å². The first-order valence-corrected chi connectivity index (χ1v) is 6.35. The second kappa shape index (κ2) is 4.63. The molecule has 0 fully saturated rings. The van der Waals surface area contributed by atoms with E-state index in [0.29, 0.717) is 5.13 Å². The van der Waals surface area contributed by atoms with Crippen molar-refractivity contribution >= 4 is 33.8 Å². The summed E-state index contributed by atoms with van der Waals surface area (Å²) in [4.78, 5) is 16.1. The minimum Gasteiger partial charge on any atom is -0.477 e. The molecule has 4 nitrogen and oxygen atoms in total. The summed E-state index contributed by atoms with van der Waals surface area (Å²) in [6, 6.07) is 4.17. The van der Waals surface area contributed by atoms with Gasteiger partial charge in [0.15, 0.2) is 5.13 Å². The molecule has 0 amide bonds. The SMILES string of the molecule is CC(Nc1ncc(C(=O)O)s1)c1cccs1. The van der Waals surface area contributed by atoms with E-state index in [1.807, 2.05) is 24.4 Å². The lowest BCUT2D eigenvalue weighted by Gasteiger charge is -2.09. The van der Waals surface area contributed by atoms with E-state index in [4.69, 9.17) is 5.11 Å². The number of carbonyl (C=O) groups is 1. The molecule has 84 valence electrons. The van der Waals surface area contributed by atoms with Crippen LogP contribution in [0.15, 0.2) is 23.7 Å². The van der Waals surface area contributed by atoms with Gasteiger partial charge < -0.3 is 10.4 Å². The molecule has 0 aromatic carbocycles. The number of thiazole rings is 1. The highest BCUT2D eigenvalue weighted by molar-refractivity contribution is 7.17. The highest BCUT2D eigenvalue weighted by atomic mass is 32.1. The predicted molar refractivity (Wildman–Crippen MR) is 65.4 cm³/mol. The molecule has 0 aliphatic heterocycles. The van der Waals surface area contributed by atoms with Crippen LogP contribution in [0.5, 0.6) is 0 Å². The summed E-state index contributed by atoms with van der Waals surface area (Å²) in [5.74, 6) is -0.936. The van der Waals surface area contributed by atoms with Crippen LogP contribution in [0.2, 0.25) is 0 Å². The Morgan fingerprint density at radius 1 is 1.62 bits per heavy atom. The maximum atomic E-state index is 10.7. The molecule has 1 atom stereocenters. The Hall–Kier alpha value is -1.40. The van der Waals surface area contributed by atoms with Crippen molar-refractivity contribution < 1.29 is 9.90 Å². The maximum Gasteiger partial charge on any atom is 0.347 e. The minimum absolute atomic E-state index is 0.146. The second-order valence-electron chi connectivity index (χ2n) is 3.22. The third-order valence-corrected chi connectivity index (χ3v) is 4.00. The quantitative estimate of drug-likeness (QED) is 0.880. The summed E-state index contributed by atoms with van der Waals surface area (Å²) in [7, 11) is 0. The van der Waals surface area contributed by atoms with Gasteiger partial charge in [0.2, 0.25) is 0 Å². The number of anilines is 1. The lowest BCUT2D eigenvalue weighted by atomic mass is 10.3. The highest BCUT2D eigenvalue weighted by Gasteiger charge is 2.11. The Morgan fingerprint density at radius 2 is 2.44 bits per heavy atom. The zero-order chi connectivity index (χ0) is 11.5. The van der Waals surface area contributed by atoms with Gasteiger partial charge in [-0.3, -0.25) is 0 Å². The average Bonchev–Trinajstić information content (AvgIpc) is 2.87. The van der Waals surface area contributed by atoms with Gasteiger partial charge in [-0.25, -0.2) is 9.78 Å². The summed E-state index contributed by atoms with van der Waals surface area (Å²) in [5, 5.41) is 14.6. The van der Waals surface area contributed by atoms with Crippen molar-refractivity contribution in [2.45, 2.75) is 13.0 Å². The van der Waals surface area contributed by atoms with E-state index in [1.54, 1.807) is 11.3 Å². The average molecular weight is 254 g/mol.